The van der Waals surface area contributed by atoms with Crippen molar-refractivity contribution in [1.29, 1.82) is 0 Å². The number of carbonyl (C=O) groups is 1. The van der Waals surface area contributed by atoms with Gasteiger partial charge in [-0.25, -0.2) is 0 Å². The van der Waals surface area contributed by atoms with Gasteiger partial charge in [-0.05, 0) is 30.7 Å². The van der Waals surface area contributed by atoms with Crippen LogP contribution in [0, 0.1) is 6.92 Å². The van der Waals surface area contributed by atoms with E-state index in [0.29, 0.717) is 5.56 Å². The van der Waals surface area contributed by atoms with Crippen molar-refractivity contribution in [1.82, 2.24) is 10.3 Å². The smallest absolute Gasteiger partial charge is 0.252 e. The first-order valence-corrected chi connectivity index (χ1v) is 5.69. The molecule has 1 aromatic carbocycles. The third-order valence-corrected chi connectivity index (χ3v) is 3.42. The fourth-order valence-corrected chi connectivity index (χ4v) is 1.93. The van der Waals surface area contributed by atoms with Gasteiger partial charge in [0.2, 0.25) is 0 Å². The molecule has 0 saturated carbocycles. The molecule has 1 amide bonds. The maximum Gasteiger partial charge on any atom is 0.252 e. The predicted octanol–water partition coefficient (Wildman–Crippen LogP) is 2.67. The van der Waals surface area contributed by atoms with E-state index in [2.05, 4.69) is 26.2 Å². The first kappa shape index (κ1) is 11.1. The van der Waals surface area contributed by atoms with E-state index in [9.17, 15) is 4.79 Å². The summed E-state index contributed by atoms with van der Waals surface area (Å²) in [6, 6.07) is 5.76. The SMILES string of the molecule is CNC(=O)c1cnc2ccc(Br)c(C)c2c1. The van der Waals surface area contributed by atoms with E-state index in [4.69, 9.17) is 0 Å². The Balaban J connectivity index is 2.69. The molecule has 0 unspecified atom stereocenters. The zero-order valence-corrected chi connectivity index (χ0v) is 10.6. The number of carbonyl (C=O) groups excluding carboxylic acids is 1. The average molecular weight is 279 g/mol. The second kappa shape index (κ2) is 4.22. The summed E-state index contributed by atoms with van der Waals surface area (Å²) in [7, 11) is 1.61. The molecule has 0 radical (unpaired) electrons. The van der Waals surface area contributed by atoms with Crippen molar-refractivity contribution in [3.63, 3.8) is 0 Å². The van der Waals surface area contributed by atoms with Crippen molar-refractivity contribution >= 4 is 32.7 Å². The van der Waals surface area contributed by atoms with E-state index in [1.54, 1.807) is 13.2 Å². The van der Waals surface area contributed by atoms with Crippen molar-refractivity contribution in [3.8, 4) is 0 Å². The van der Waals surface area contributed by atoms with Gasteiger partial charge < -0.3 is 5.32 Å². The van der Waals surface area contributed by atoms with Crippen LogP contribution in [0.15, 0.2) is 28.9 Å². The highest BCUT2D eigenvalue weighted by Crippen LogP contribution is 2.25. The lowest BCUT2D eigenvalue weighted by Crippen LogP contribution is -2.17. The molecule has 16 heavy (non-hydrogen) atoms. The number of amides is 1. The standard InChI is InChI=1S/C12H11BrN2O/c1-7-9-5-8(12(16)14-2)6-15-11(9)4-3-10(7)13/h3-6H,1-2H3,(H,14,16). The molecule has 0 aliphatic carbocycles. The van der Waals surface area contributed by atoms with Gasteiger partial charge in [-0.3, -0.25) is 9.78 Å². The zero-order valence-electron chi connectivity index (χ0n) is 9.04. The Labute approximate surface area is 102 Å². The van der Waals surface area contributed by atoms with Gasteiger partial charge in [-0.1, -0.05) is 15.9 Å². The van der Waals surface area contributed by atoms with Crippen LogP contribution in [-0.2, 0) is 0 Å². The van der Waals surface area contributed by atoms with Gasteiger partial charge in [0.1, 0.15) is 0 Å². The Morgan fingerprint density at radius 1 is 1.44 bits per heavy atom. The average Bonchev–Trinajstić information content (AvgIpc) is 2.32. The molecule has 1 N–H and O–H groups in total. The lowest BCUT2D eigenvalue weighted by molar-refractivity contribution is 0.0963. The van der Waals surface area contributed by atoms with Crippen LogP contribution in [0.1, 0.15) is 15.9 Å². The summed E-state index contributed by atoms with van der Waals surface area (Å²) in [6.45, 7) is 2.00. The highest BCUT2D eigenvalue weighted by molar-refractivity contribution is 9.10. The first-order valence-electron chi connectivity index (χ1n) is 4.90. The largest absolute Gasteiger partial charge is 0.355 e. The number of pyridine rings is 1. The number of nitrogens with one attached hydrogen (secondary N) is 1. The highest BCUT2D eigenvalue weighted by Gasteiger charge is 2.07. The Bertz CT molecular complexity index is 566. The lowest BCUT2D eigenvalue weighted by Gasteiger charge is -2.06. The van der Waals surface area contributed by atoms with Crippen LogP contribution < -0.4 is 5.32 Å². The second-order valence-corrected chi connectivity index (χ2v) is 4.40. The van der Waals surface area contributed by atoms with Gasteiger partial charge in [0.25, 0.3) is 5.91 Å². The Kier molecular flexibility index (Phi) is 2.92. The van der Waals surface area contributed by atoms with Gasteiger partial charge >= 0.3 is 0 Å². The number of fused-ring (bicyclic) bond motifs is 1. The number of nitrogens with zero attached hydrogens (tertiary/aromatic N) is 1. The van der Waals surface area contributed by atoms with Crippen LogP contribution in [0.25, 0.3) is 10.9 Å². The van der Waals surface area contributed by atoms with E-state index >= 15 is 0 Å². The van der Waals surface area contributed by atoms with Gasteiger partial charge in [0.15, 0.2) is 0 Å². The third-order valence-electron chi connectivity index (χ3n) is 2.56. The molecule has 0 aliphatic heterocycles. The summed E-state index contributed by atoms with van der Waals surface area (Å²) in [5.41, 5.74) is 2.57. The minimum absolute atomic E-state index is 0.117. The molecule has 0 aliphatic rings. The normalized spacial score (nSPS) is 10.4. The molecule has 0 saturated heterocycles. The molecule has 2 rings (SSSR count). The van der Waals surface area contributed by atoms with E-state index in [0.717, 1.165) is 20.9 Å². The Morgan fingerprint density at radius 2 is 2.19 bits per heavy atom. The van der Waals surface area contributed by atoms with E-state index in [-0.39, 0.29) is 5.91 Å². The fraction of sp³-hybridized carbons (Fsp3) is 0.167. The summed E-state index contributed by atoms with van der Waals surface area (Å²) in [5, 5.41) is 3.59. The molecule has 1 aromatic heterocycles. The van der Waals surface area contributed by atoms with Crippen LogP contribution in [0.3, 0.4) is 0 Å². The molecule has 0 bridgehead atoms. The summed E-state index contributed by atoms with van der Waals surface area (Å²) in [6.07, 6.45) is 1.59. The summed E-state index contributed by atoms with van der Waals surface area (Å²) in [4.78, 5) is 15.8. The third kappa shape index (κ3) is 1.80. The molecule has 1 heterocycles. The molecule has 0 atom stereocenters. The van der Waals surface area contributed by atoms with Crippen molar-refractivity contribution in [2.24, 2.45) is 0 Å². The molecule has 82 valence electrons. The lowest BCUT2D eigenvalue weighted by atomic mass is 10.1. The topological polar surface area (TPSA) is 42.0 Å². The first-order chi connectivity index (χ1) is 7.63. The molecule has 4 heteroatoms. The second-order valence-electron chi connectivity index (χ2n) is 3.54. The van der Waals surface area contributed by atoms with Crippen LogP contribution >= 0.6 is 15.9 Å². The van der Waals surface area contributed by atoms with Crippen LogP contribution in [-0.4, -0.2) is 17.9 Å². The Hall–Kier alpha value is -1.42. The zero-order chi connectivity index (χ0) is 11.7. The van der Waals surface area contributed by atoms with Crippen LogP contribution in [0.4, 0.5) is 0 Å². The number of hydrogen-bond acceptors (Lipinski definition) is 2. The number of aromatic nitrogens is 1. The predicted molar refractivity (Wildman–Crippen MR) is 67.6 cm³/mol. The maximum absolute atomic E-state index is 11.5. The van der Waals surface area contributed by atoms with E-state index < -0.39 is 0 Å². The van der Waals surface area contributed by atoms with Gasteiger partial charge in [0, 0.05) is 23.1 Å². The van der Waals surface area contributed by atoms with Gasteiger partial charge in [-0.2, -0.15) is 0 Å². The number of halogens is 1. The monoisotopic (exact) mass is 278 g/mol. The summed E-state index contributed by atoms with van der Waals surface area (Å²) < 4.78 is 1.02. The molecular weight excluding hydrogens is 268 g/mol. The van der Waals surface area contributed by atoms with Crippen molar-refractivity contribution in [2.75, 3.05) is 7.05 Å². The number of rotatable bonds is 1. The molecule has 0 fully saturated rings. The summed E-state index contributed by atoms with van der Waals surface area (Å²) >= 11 is 3.47. The van der Waals surface area contributed by atoms with E-state index in [1.165, 1.54) is 0 Å². The molecule has 2 aromatic rings. The number of aryl methyl sites for hydroxylation is 1. The maximum atomic E-state index is 11.5. The van der Waals surface area contributed by atoms with E-state index in [1.807, 2.05) is 25.1 Å². The van der Waals surface area contributed by atoms with Gasteiger partial charge in [-0.15, -0.1) is 0 Å². The Morgan fingerprint density at radius 3 is 2.88 bits per heavy atom. The van der Waals surface area contributed by atoms with Gasteiger partial charge in [0.05, 0.1) is 11.1 Å². The molecular formula is C12H11BrN2O. The van der Waals surface area contributed by atoms with Crippen LogP contribution in [0.5, 0.6) is 0 Å². The quantitative estimate of drug-likeness (QED) is 0.872. The minimum Gasteiger partial charge on any atom is -0.355 e. The van der Waals surface area contributed by atoms with Crippen molar-refractivity contribution < 1.29 is 4.79 Å². The molecule has 3 nitrogen and oxygen atoms in total. The molecule has 0 spiro atoms. The van der Waals surface area contributed by atoms with Crippen molar-refractivity contribution in [3.05, 3.63) is 40.0 Å². The fourth-order valence-electron chi connectivity index (χ4n) is 1.58. The number of hydrogen-bond donors (Lipinski definition) is 1. The van der Waals surface area contributed by atoms with Crippen molar-refractivity contribution in [2.45, 2.75) is 6.92 Å². The minimum atomic E-state index is -0.117. The number of benzene rings is 1. The highest BCUT2D eigenvalue weighted by atomic mass is 79.9. The van der Waals surface area contributed by atoms with Crippen LogP contribution in [0.2, 0.25) is 0 Å². The summed E-state index contributed by atoms with van der Waals surface area (Å²) in [5.74, 6) is -0.117.